The fourth-order valence-corrected chi connectivity index (χ4v) is 4.46. The van der Waals surface area contributed by atoms with Crippen molar-refractivity contribution in [3.05, 3.63) is 54.3 Å². The van der Waals surface area contributed by atoms with E-state index in [4.69, 9.17) is 0 Å². The fraction of sp³-hybridized carbons (Fsp3) is 0.316. The lowest BCUT2D eigenvalue weighted by Gasteiger charge is -2.25. The molecule has 144 valence electrons. The van der Waals surface area contributed by atoms with Crippen molar-refractivity contribution in [3.8, 4) is 0 Å². The molecule has 8 heteroatoms. The zero-order valence-corrected chi connectivity index (χ0v) is 15.6. The van der Waals surface area contributed by atoms with Crippen LogP contribution in [-0.2, 0) is 14.8 Å². The molecule has 1 fully saturated rings. The fourth-order valence-electron chi connectivity index (χ4n) is 2.94. The number of rotatable bonds is 6. The Morgan fingerprint density at radius 2 is 1.67 bits per heavy atom. The predicted molar refractivity (Wildman–Crippen MR) is 103 cm³/mol. The Hall–Kier alpha value is -2.45. The van der Waals surface area contributed by atoms with Crippen LogP contribution in [0.4, 0.5) is 15.8 Å². The second-order valence-electron chi connectivity index (χ2n) is 6.37. The molecule has 2 N–H and O–H groups in total. The van der Waals surface area contributed by atoms with Gasteiger partial charge in [-0.25, -0.2) is 12.8 Å². The van der Waals surface area contributed by atoms with E-state index in [2.05, 4.69) is 10.6 Å². The molecular formula is C19H22FN3O3S. The van der Waals surface area contributed by atoms with Crippen molar-refractivity contribution >= 4 is 27.3 Å². The number of nitrogens with zero attached hydrogens (tertiary/aromatic N) is 1. The lowest BCUT2D eigenvalue weighted by atomic mass is 10.2. The molecule has 1 aliphatic heterocycles. The molecule has 0 radical (unpaired) electrons. The number of amides is 1. The highest BCUT2D eigenvalue weighted by molar-refractivity contribution is 7.89. The Kier molecular flexibility index (Phi) is 6.08. The Balaban J connectivity index is 1.57. The molecule has 2 aromatic carbocycles. The van der Waals surface area contributed by atoms with E-state index in [1.807, 2.05) is 0 Å². The molecule has 1 saturated heterocycles. The number of para-hydroxylation sites is 1. The number of sulfonamides is 1. The summed E-state index contributed by atoms with van der Waals surface area (Å²) in [6.45, 7) is 1.05. The van der Waals surface area contributed by atoms with Gasteiger partial charge in [0.05, 0.1) is 17.1 Å². The number of hydrogen-bond acceptors (Lipinski definition) is 4. The van der Waals surface area contributed by atoms with Crippen LogP contribution in [0.5, 0.6) is 0 Å². The largest absolute Gasteiger partial charge is 0.376 e. The molecule has 0 aliphatic carbocycles. The Bertz CT molecular complexity index is 895. The summed E-state index contributed by atoms with van der Waals surface area (Å²) in [5, 5.41) is 5.38. The summed E-state index contributed by atoms with van der Waals surface area (Å²) in [6.07, 6.45) is 2.83. The Morgan fingerprint density at radius 1 is 1.00 bits per heavy atom. The summed E-state index contributed by atoms with van der Waals surface area (Å²) in [5.41, 5.74) is 0.726. The van der Waals surface area contributed by atoms with Crippen LogP contribution in [0.2, 0.25) is 0 Å². The Labute approximate surface area is 158 Å². The van der Waals surface area contributed by atoms with E-state index in [-0.39, 0.29) is 17.1 Å². The van der Waals surface area contributed by atoms with Crippen LogP contribution in [0.15, 0.2) is 53.4 Å². The molecular weight excluding hydrogens is 369 g/mol. The van der Waals surface area contributed by atoms with Crippen molar-refractivity contribution in [1.29, 1.82) is 0 Å². The second-order valence-corrected chi connectivity index (χ2v) is 8.31. The minimum Gasteiger partial charge on any atom is -0.376 e. The number of hydrogen-bond donors (Lipinski definition) is 2. The van der Waals surface area contributed by atoms with Gasteiger partial charge in [0.1, 0.15) is 5.82 Å². The van der Waals surface area contributed by atoms with Gasteiger partial charge in [-0.15, -0.1) is 0 Å². The number of halogens is 1. The molecule has 6 nitrogen and oxygen atoms in total. The molecule has 1 heterocycles. The molecule has 0 bridgehead atoms. The van der Waals surface area contributed by atoms with E-state index in [1.165, 1.54) is 28.6 Å². The molecule has 0 spiro atoms. The van der Waals surface area contributed by atoms with Crippen LogP contribution in [0.3, 0.4) is 0 Å². The van der Waals surface area contributed by atoms with E-state index in [1.54, 1.807) is 24.3 Å². The van der Waals surface area contributed by atoms with Gasteiger partial charge in [-0.2, -0.15) is 4.31 Å². The number of nitrogens with one attached hydrogen (secondary N) is 2. The number of carbonyl (C=O) groups excluding carboxylic acids is 1. The third kappa shape index (κ3) is 4.84. The van der Waals surface area contributed by atoms with Crippen molar-refractivity contribution in [2.75, 3.05) is 30.3 Å². The van der Waals surface area contributed by atoms with E-state index in [0.29, 0.717) is 18.8 Å². The van der Waals surface area contributed by atoms with Crippen LogP contribution in [0.1, 0.15) is 19.3 Å². The third-order valence-corrected chi connectivity index (χ3v) is 6.32. The standard InChI is InChI=1S/C19H22FN3O3S/c20-17-6-2-3-7-18(17)22-19(24)14-21-15-8-10-16(11-9-15)27(25,26)23-12-4-1-5-13-23/h2-3,6-11,21H,1,4-5,12-14H2,(H,22,24). The first-order chi connectivity index (χ1) is 13.0. The second kappa shape index (κ2) is 8.49. The summed E-state index contributed by atoms with van der Waals surface area (Å²) in [7, 11) is -3.47. The van der Waals surface area contributed by atoms with Crippen LogP contribution in [0.25, 0.3) is 0 Å². The first-order valence-electron chi connectivity index (χ1n) is 8.85. The maximum atomic E-state index is 13.5. The lowest BCUT2D eigenvalue weighted by Crippen LogP contribution is -2.35. The average molecular weight is 391 g/mol. The first-order valence-corrected chi connectivity index (χ1v) is 10.3. The van der Waals surface area contributed by atoms with Crippen molar-refractivity contribution in [2.45, 2.75) is 24.2 Å². The van der Waals surface area contributed by atoms with Gasteiger partial charge in [-0.3, -0.25) is 4.79 Å². The topological polar surface area (TPSA) is 78.5 Å². The van der Waals surface area contributed by atoms with Gasteiger partial charge >= 0.3 is 0 Å². The SMILES string of the molecule is O=C(CNc1ccc(S(=O)(=O)N2CCCCC2)cc1)Nc1ccccc1F. The van der Waals surface area contributed by atoms with Crippen molar-refractivity contribution in [3.63, 3.8) is 0 Å². The smallest absolute Gasteiger partial charge is 0.243 e. The zero-order valence-electron chi connectivity index (χ0n) is 14.8. The maximum Gasteiger partial charge on any atom is 0.243 e. The van der Waals surface area contributed by atoms with Gasteiger partial charge in [-0.1, -0.05) is 18.6 Å². The molecule has 2 aromatic rings. The van der Waals surface area contributed by atoms with E-state index in [9.17, 15) is 17.6 Å². The highest BCUT2D eigenvalue weighted by Crippen LogP contribution is 2.22. The van der Waals surface area contributed by atoms with Crippen molar-refractivity contribution in [2.24, 2.45) is 0 Å². The number of piperidine rings is 1. The summed E-state index contributed by atoms with van der Waals surface area (Å²) < 4.78 is 40.3. The molecule has 1 aliphatic rings. The summed E-state index contributed by atoms with van der Waals surface area (Å²) in [5.74, 6) is -0.900. The van der Waals surface area contributed by atoms with E-state index in [0.717, 1.165) is 19.3 Å². The molecule has 0 atom stereocenters. The van der Waals surface area contributed by atoms with Crippen molar-refractivity contribution < 1.29 is 17.6 Å². The first kappa shape index (κ1) is 19.3. The van der Waals surface area contributed by atoms with E-state index >= 15 is 0 Å². The van der Waals surface area contributed by atoms with Gasteiger partial charge in [-0.05, 0) is 49.2 Å². The van der Waals surface area contributed by atoms with Gasteiger partial charge in [0.15, 0.2) is 0 Å². The molecule has 1 amide bonds. The lowest BCUT2D eigenvalue weighted by molar-refractivity contribution is -0.114. The van der Waals surface area contributed by atoms with Crippen LogP contribution in [0, 0.1) is 5.82 Å². The molecule has 0 aromatic heterocycles. The van der Waals surface area contributed by atoms with Crippen LogP contribution in [-0.4, -0.2) is 38.3 Å². The average Bonchev–Trinajstić information content (AvgIpc) is 2.69. The minimum atomic E-state index is -3.47. The van der Waals surface area contributed by atoms with Crippen molar-refractivity contribution in [1.82, 2.24) is 4.31 Å². The van der Waals surface area contributed by atoms with Gasteiger partial charge < -0.3 is 10.6 Å². The van der Waals surface area contributed by atoms with Gasteiger partial charge in [0.25, 0.3) is 0 Å². The van der Waals surface area contributed by atoms with E-state index < -0.39 is 21.7 Å². The van der Waals surface area contributed by atoms with Crippen LogP contribution >= 0.6 is 0 Å². The number of carbonyl (C=O) groups is 1. The Morgan fingerprint density at radius 3 is 2.33 bits per heavy atom. The quantitative estimate of drug-likeness (QED) is 0.793. The summed E-state index contributed by atoms with van der Waals surface area (Å²) in [4.78, 5) is 12.2. The summed E-state index contributed by atoms with van der Waals surface area (Å²) >= 11 is 0. The maximum absolute atomic E-state index is 13.5. The van der Waals surface area contributed by atoms with Gasteiger partial charge in [0.2, 0.25) is 15.9 Å². The number of benzene rings is 2. The molecule has 27 heavy (non-hydrogen) atoms. The minimum absolute atomic E-state index is 0.0629. The highest BCUT2D eigenvalue weighted by Gasteiger charge is 2.25. The molecule has 0 saturated carbocycles. The molecule has 0 unspecified atom stereocenters. The predicted octanol–water partition coefficient (Wildman–Crippen LogP) is 3.05. The zero-order chi connectivity index (χ0) is 19.3. The summed E-state index contributed by atoms with van der Waals surface area (Å²) in [6, 6.07) is 12.2. The van der Waals surface area contributed by atoms with Gasteiger partial charge in [0, 0.05) is 18.8 Å². The monoisotopic (exact) mass is 391 g/mol. The highest BCUT2D eigenvalue weighted by atomic mass is 32.2. The number of anilines is 2. The normalized spacial score (nSPS) is 15.3. The van der Waals surface area contributed by atoms with Crippen LogP contribution < -0.4 is 10.6 Å². The molecule has 3 rings (SSSR count). The third-order valence-electron chi connectivity index (χ3n) is 4.41.